The summed E-state index contributed by atoms with van der Waals surface area (Å²) in [5, 5.41) is 4.55. The molecule has 35 heavy (non-hydrogen) atoms. The van der Waals surface area contributed by atoms with Gasteiger partial charge in [0.15, 0.2) is 5.78 Å². The van der Waals surface area contributed by atoms with E-state index in [-0.39, 0.29) is 39.1 Å². The van der Waals surface area contributed by atoms with Crippen molar-refractivity contribution in [3.05, 3.63) is 75.5 Å². The Bertz CT molecular complexity index is 1450. The largest absolute Gasteiger partial charge is 0.324 e. The highest BCUT2D eigenvalue weighted by Crippen LogP contribution is 2.36. The molecule has 0 saturated carbocycles. The number of piperidine rings is 1. The van der Waals surface area contributed by atoms with Crippen molar-refractivity contribution in [2.45, 2.75) is 30.0 Å². The molecule has 1 saturated heterocycles. The standard InChI is InChI=1S/C24H24N4O5S2/c1-15(29)17-4-6-19(7-5-17)25-24(31)27-12-16-11-18(14-27)21-9-8-20(23(30)28(21)13-16)26-35(32,33)22-3-2-10-34-22/h2-10,16,18,26H,11-14H2,1H3,(H,25,31)/t16-,18+/m0/s1. The third-order valence-electron chi connectivity index (χ3n) is 6.44. The number of fused-ring (bicyclic) bond motifs is 4. The Morgan fingerprint density at radius 3 is 2.49 bits per heavy atom. The number of carbonyl (C=O) groups is 2. The zero-order chi connectivity index (χ0) is 24.7. The van der Waals surface area contributed by atoms with Gasteiger partial charge in [0.05, 0.1) is 0 Å². The van der Waals surface area contributed by atoms with Gasteiger partial charge in [-0.05, 0) is 67.1 Å². The number of pyridine rings is 1. The summed E-state index contributed by atoms with van der Waals surface area (Å²) in [6, 6.07) is 12.9. The number of anilines is 2. The average molecular weight is 513 g/mol. The van der Waals surface area contributed by atoms with E-state index in [0.717, 1.165) is 23.5 Å². The Labute approximate surface area is 206 Å². The molecule has 1 aromatic carbocycles. The van der Waals surface area contributed by atoms with Crippen LogP contribution >= 0.6 is 11.3 Å². The first-order valence-electron chi connectivity index (χ1n) is 11.2. The van der Waals surface area contributed by atoms with Crippen LogP contribution in [0.5, 0.6) is 0 Å². The maximum Gasteiger partial charge on any atom is 0.321 e. The molecule has 11 heteroatoms. The van der Waals surface area contributed by atoms with Gasteiger partial charge in [-0.1, -0.05) is 6.07 Å². The molecule has 3 aromatic rings. The second-order valence-electron chi connectivity index (χ2n) is 8.89. The molecule has 2 aromatic heterocycles. The number of thiophene rings is 1. The molecule has 5 rings (SSSR count). The first kappa shape index (κ1) is 23.3. The van der Waals surface area contributed by atoms with Crippen LogP contribution in [0.4, 0.5) is 16.2 Å². The van der Waals surface area contributed by atoms with Gasteiger partial charge in [-0.2, -0.15) is 0 Å². The van der Waals surface area contributed by atoms with Crippen LogP contribution in [-0.2, 0) is 16.6 Å². The highest BCUT2D eigenvalue weighted by molar-refractivity contribution is 7.94. The van der Waals surface area contributed by atoms with Crippen molar-refractivity contribution in [2.75, 3.05) is 23.1 Å². The molecule has 2 amide bonds. The third kappa shape index (κ3) is 4.61. The predicted octanol–water partition coefficient (Wildman–Crippen LogP) is 3.56. The molecule has 4 heterocycles. The van der Waals surface area contributed by atoms with E-state index in [9.17, 15) is 22.8 Å². The van der Waals surface area contributed by atoms with Crippen LogP contribution in [0.2, 0.25) is 0 Å². The molecule has 0 aliphatic carbocycles. The lowest BCUT2D eigenvalue weighted by Crippen LogP contribution is -2.50. The number of aromatic nitrogens is 1. The molecule has 2 aliphatic heterocycles. The number of amides is 2. The number of likely N-dealkylation sites (tertiary alicyclic amines) is 1. The molecular weight excluding hydrogens is 488 g/mol. The van der Waals surface area contributed by atoms with Crippen LogP contribution in [0.25, 0.3) is 0 Å². The normalized spacial score (nSPS) is 19.1. The van der Waals surface area contributed by atoms with E-state index < -0.39 is 10.0 Å². The summed E-state index contributed by atoms with van der Waals surface area (Å²) in [4.78, 5) is 39.3. The monoisotopic (exact) mass is 512 g/mol. The summed E-state index contributed by atoms with van der Waals surface area (Å²) >= 11 is 1.08. The highest BCUT2D eigenvalue weighted by atomic mass is 32.2. The number of rotatable bonds is 5. The second-order valence-corrected chi connectivity index (χ2v) is 11.7. The fraction of sp³-hybridized carbons (Fsp3) is 0.292. The number of hydrogen-bond donors (Lipinski definition) is 2. The molecule has 2 bridgehead atoms. The molecule has 1 fully saturated rings. The number of ketones is 1. The zero-order valence-electron chi connectivity index (χ0n) is 18.9. The number of carbonyl (C=O) groups excluding carboxylic acids is 2. The minimum Gasteiger partial charge on any atom is -0.324 e. The molecule has 2 aliphatic rings. The molecule has 2 atom stereocenters. The lowest BCUT2D eigenvalue weighted by atomic mass is 9.83. The van der Waals surface area contributed by atoms with E-state index in [1.807, 2.05) is 0 Å². The van der Waals surface area contributed by atoms with Crippen molar-refractivity contribution >= 4 is 44.5 Å². The van der Waals surface area contributed by atoms with Gasteiger partial charge in [-0.25, -0.2) is 13.2 Å². The first-order chi connectivity index (χ1) is 16.7. The van der Waals surface area contributed by atoms with Crippen LogP contribution < -0.4 is 15.6 Å². The van der Waals surface area contributed by atoms with Gasteiger partial charge in [-0.3, -0.25) is 14.3 Å². The van der Waals surface area contributed by atoms with Gasteiger partial charge in [0, 0.05) is 42.5 Å². The van der Waals surface area contributed by atoms with Crippen LogP contribution in [0, 0.1) is 5.92 Å². The fourth-order valence-electron chi connectivity index (χ4n) is 4.79. The Balaban J connectivity index is 1.32. The summed E-state index contributed by atoms with van der Waals surface area (Å²) < 4.78 is 29.4. The highest BCUT2D eigenvalue weighted by Gasteiger charge is 2.37. The van der Waals surface area contributed by atoms with Crippen molar-refractivity contribution in [2.24, 2.45) is 5.92 Å². The minimum atomic E-state index is -3.82. The van der Waals surface area contributed by atoms with Gasteiger partial charge < -0.3 is 14.8 Å². The maximum absolute atomic E-state index is 13.1. The Morgan fingerprint density at radius 1 is 1.03 bits per heavy atom. The number of nitrogens with one attached hydrogen (secondary N) is 2. The molecule has 0 spiro atoms. The van der Waals surface area contributed by atoms with Crippen LogP contribution in [-0.4, -0.2) is 42.8 Å². The zero-order valence-corrected chi connectivity index (χ0v) is 20.6. The van der Waals surface area contributed by atoms with Gasteiger partial charge in [-0.15, -0.1) is 11.3 Å². The van der Waals surface area contributed by atoms with Gasteiger partial charge in [0.2, 0.25) is 0 Å². The lowest BCUT2D eigenvalue weighted by Gasteiger charge is -2.42. The molecule has 0 unspecified atom stereocenters. The SMILES string of the molecule is CC(=O)c1ccc(NC(=O)N2C[C@@H]3C[C@H](C2)c2ccc(NS(=O)(=O)c4cccs4)c(=O)n2C3)cc1. The van der Waals surface area contributed by atoms with E-state index in [1.165, 1.54) is 19.1 Å². The summed E-state index contributed by atoms with van der Waals surface area (Å²) in [5.41, 5.74) is 1.63. The second kappa shape index (κ2) is 8.97. The van der Waals surface area contributed by atoms with Crippen molar-refractivity contribution in [1.82, 2.24) is 9.47 Å². The number of hydrogen-bond acceptors (Lipinski definition) is 6. The topological polar surface area (TPSA) is 118 Å². The first-order valence-corrected chi connectivity index (χ1v) is 13.5. The van der Waals surface area contributed by atoms with Crippen LogP contribution in [0.3, 0.4) is 0 Å². The Kier molecular flexibility index (Phi) is 5.97. The number of nitrogens with zero attached hydrogens (tertiary/aromatic N) is 2. The average Bonchev–Trinajstić information content (AvgIpc) is 3.38. The number of benzene rings is 1. The smallest absolute Gasteiger partial charge is 0.321 e. The molecule has 182 valence electrons. The minimum absolute atomic E-state index is 0.0192. The fourth-order valence-corrected chi connectivity index (χ4v) is 6.84. The number of urea groups is 1. The molecular formula is C24H24N4O5S2. The quantitative estimate of drug-likeness (QED) is 0.507. The van der Waals surface area contributed by atoms with E-state index >= 15 is 0 Å². The van der Waals surface area contributed by atoms with Crippen molar-refractivity contribution < 1.29 is 18.0 Å². The summed E-state index contributed by atoms with van der Waals surface area (Å²) in [7, 11) is -3.82. The van der Waals surface area contributed by atoms with E-state index in [2.05, 4.69) is 10.0 Å². The number of Topliss-reactive ketones (excluding diaryl/α,β-unsaturated/α-hetero) is 1. The third-order valence-corrected chi connectivity index (χ3v) is 9.20. The lowest BCUT2D eigenvalue weighted by molar-refractivity contribution is 0.101. The van der Waals surface area contributed by atoms with Crippen molar-refractivity contribution in [1.29, 1.82) is 0 Å². The van der Waals surface area contributed by atoms with Gasteiger partial charge in [0.25, 0.3) is 15.6 Å². The maximum atomic E-state index is 13.1. The predicted molar refractivity (Wildman–Crippen MR) is 134 cm³/mol. The Hall–Kier alpha value is -3.44. The summed E-state index contributed by atoms with van der Waals surface area (Å²) in [5.74, 6) is 0.0149. The van der Waals surface area contributed by atoms with E-state index in [4.69, 9.17) is 0 Å². The van der Waals surface area contributed by atoms with Gasteiger partial charge >= 0.3 is 6.03 Å². The summed E-state index contributed by atoms with van der Waals surface area (Å²) in [6.07, 6.45) is 0.858. The van der Waals surface area contributed by atoms with Crippen molar-refractivity contribution in [3.63, 3.8) is 0 Å². The van der Waals surface area contributed by atoms with Crippen molar-refractivity contribution in [3.8, 4) is 0 Å². The van der Waals surface area contributed by atoms with Crippen LogP contribution in [0.1, 0.15) is 35.3 Å². The molecule has 9 nitrogen and oxygen atoms in total. The van der Waals surface area contributed by atoms with E-state index in [0.29, 0.717) is 30.9 Å². The molecule has 0 radical (unpaired) electrons. The Morgan fingerprint density at radius 2 is 1.80 bits per heavy atom. The number of sulfonamides is 1. The van der Waals surface area contributed by atoms with Gasteiger partial charge in [0.1, 0.15) is 9.90 Å². The molecule has 2 N–H and O–H groups in total. The van der Waals surface area contributed by atoms with E-state index in [1.54, 1.807) is 51.2 Å². The summed E-state index contributed by atoms with van der Waals surface area (Å²) in [6.45, 7) is 2.85. The van der Waals surface area contributed by atoms with Crippen LogP contribution in [0.15, 0.2) is 62.9 Å².